The van der Waals surface area contributed by atoms with Gasteiger partial charge in [0.25, 0.3) is 0 Å². The van der Waals surface area contributed by atoms with E-state index in [1.165, 1.54) is 31.4 Å². The monoisotopic (exact) mass is 480 g/mol. The second-order valence-electron chi connectivity index (χ2n) is 6.82. The first-order chi connectivity index (χ1) is 14.6. The molecule has 0 saturated carbocycles. The first-order valence-corrected chi connectivity index (χ1v) is 12.2. The van der Waals surface area contributed by atoms with E-state index in [-0.39, 0.29) is 16.6 Å². The molecule has 11 heteroatoms. The maximum Gasteiger partial charge on any atom is 0.249 e. The zero-order valence-corrected chi connectivity index (χ0v) is 19.7. The maximum absolute atomic E-state index is 12.9. The molecule has 0 unspecified atom stereocenters. The number of benzene rings is 2. The van der Waals surface area contributed by atoms with Crippen LogP contribution in [-0.4, -0.2) is 43.9 Å². The zero-order valence-electron chi connectivity index (χ0n) is 17.3. The van der Waals surface area contributed by atoms with Crippen LogP contribution in [0, 0.1) is 6.92 Å². The Kier molecular flexibility index (Phi) is 6.83. The number of rotatable bonds is 7. The molecule has 31 heavy (non-hydrogen) atoms. The third kappa shape index (κ3) is 5.33. The fourth-order valence-electron chi connectivity index (χ4n) is 2.91. The number of halogens is 1. The summed E-state index contributed by atoms with van der Waals surface area (Å²) in [5.41, 5.74) is 2.16. The molecule has 0 aliphatic heterocycles. The van der Waals surface area contributed by atoms with Gasteiger partial charge in [0.2, 0.25) is 21.1 Å². The molecule has 1 heterocycles. The van der Waals surface area contributed by atoms with Crippen LogP contribution >= 0.6 is 22.9 Å². The summed E-state index contributed by atoms with van der Waals surface area (Å²) >= 11 is 7.25. The van der Waals surface area contributed by atoms with Crippen molar-refractivity contribution in [2.24, 2.45) is 0 Å². The Labute approximate surface area is 189 Å². The molecule has 1 N–H and O–H groups in total. The maximum atomic E-state index is 12.9. The molecule has 8 nitrogen and oxygen atoms in total. The number of carbonyl (C=O) groups excluding carboxylic acids is 1. The lowest BCUT2D eigenvalue weighted by atomic mass is 10.2. The van der Waals surface area contributed by atoms with Crippen LogP contribution in [-0.2, 0) is 14.8 Å². The van der Waals surface area contributed by atoms with Crippen molar-refractivity contribution in [2.45, 2.75) is 19.9 Å². The van der Waals surface area contributed by atoms with Gasteiger partial charge in [-0.3, -0.25) is 14.4 Å². The smallest absolute Gasteiger partial charge is 0.249 e. The van der Waals surface area contributed by atoms with E-state index in [1.807, 2.05) is 31.2 Å². The second-order valence-corrected chi connectivity index (χ2v) is 10.1. The van der Waals surface area contributed by atoms with Crippen molar-refractivity contribution < 1.29 is 17.9 Å². The average molecular weight is 481 g/mol. The Morgan fingerprint density at radius 2 is 1.87 bits per heavy atom. The normalized spacial score (nSPS) is 12.3. The van der Waals surface area contributed by atoms with Gasteiger partial charge in [0.15, 0.2) is 0 Å². The largest absolute Gasteiger partial charge is 0.495 e. The number of nitrogens with zero attached hydrogens (tertiary/aromatic N) is 3. The summed E-state index contributed by atoms with van der Waals surface area (Å²) in [5.74, 6) is -0.300. The highest BCUT2D eigenvalue weighted by molar-refractivity contribution is 7.92. The van der Waals surface area contributed by atoms with Crippen LogP contribution in [0.5, 0.6) is 5.75 Å². The van der Waals surface area contributed by atoms with E-state index in [0.29, 0.717) is 10.0 Å². The minimum atomic E-state index is -3.84. The number of hydrogen-bond donors (Lipinski definition) is 1. The van der Waals surface area contributed by atoms with Crippen molar-refractivity contribution in [3.05, 3.63) is 53.1 Å². The van der Waals surface area contributed by atoms with Gasteiger partial charge in [0.1, 0.15) is 16.8 Å². The highest BCUT2D eigenvalue weighted by atomic mass is 35.5. The third-order valence-electron chi connectivity index (χ3n) is 4.42. The number of ether oxygens (including phenoxy) is 1. The fraction of sp³-hybridized carbons (Fsp3) is 0.250. The van der Waals surface area contributed by atoms with Gasteiger partial charge in [-0.15, -0.1) is 10.2 Å². The SMILES string of the molecule is COc1ccc(Cl)cc1N([C@@H](C)C(=O)Nc1nnc(-c2ccc(C)cc2)s1)S(C)(=O)=O. The second kappa shape index (κ2) is 9.21. The van der Waals surface area contributed by atoms with Crippen molar-refractivity contribution in [1.29, 1.82) is 0 Å². The lowest BCUT2D eigenvalue weighted by Gasteiger charge is -2.29. The summed E-state index contributed by atoms with van der Waals surface area (Å²) in [5, 5.41) is 12.0. The molecular formula is C20H21ClN4O4S2. The van der Waals surface area contributed by atoms with Gasteiger partial charge in [-0.25, -0.2) is 8.42 Å². The summed E-state index contributed by atoms with van der Waals surface area (Å²) < 4.78 is 31.3. The number of nitrogens with one attached hydrogen (secondary N) is 1. The summed E-state index contributed by atoms with van der Waals surface area (Å²) in [6.45, 7) is 3.46. The molecular weight excluding hydrogens is 460 g/mol. The van der Waals surface area contributed by atoms with Gasteiger partial charge < -0.3 is 4.74 Å². The Hall–Kier alpha value is -2.69. The quantitative estimate of drug-likeness (QED) is 0.549. The Morgan fingerprint density at radius 3 is 2.48 bits per heavy atom. The Morgan fingerprint density at radius 1 is 1.19 bits per heavy atom. The number of amides is 1. The molecule has 0 aliphatic rings. The molecule has 0 fully saturated rings. The summed E-state index contributed by atoms with van der Waals surface area (Å²) in [6.07, 6.45) is 1.01. The Bertz CT molecular complexity index is 1200. The fourth-order valence-corrected chi connectivity index (χ4v) is 5.00. The first-order valence-electron chi connectivity index (χ1n) is 9.14. The molecule has 3 rings (SSSR count). The highest BCUT2D eigenvalue weighted by Crippen LogP contribution is 2.34. The van der Waals surface area contributed by atoms with Crippen molar-refractivity contribution in [2.75, 3.05) is 23.0 Å². The highest BCUT2D eigenvalue weighted by Gasteiger charge is 2.32. The Balaban J connectivity index is 1.86. The molecule has 3 aromatic rings. The van der Waals surface area contributed by atoms with E-state index in [9.17, 15) is 13.2 Å². The number of hydrogen-bond acceptors (Lipinski definition) is 7. The standard InChI is InChI=1S/C20H21ClN4O4S2/c1-12-5-7-14(8-6-12)19-23-24-20(30-19)22-18(26)13(2)25(31(4,27)28)16-11-15(21)9-10-17(16)29-3/h5-11,13H,1-4H3,(H,22,24,26)/t13-/m0/s1. The molecule has 0 bridgehead atoms. The van der Waals surface area contributed by atoms with Crippen LogP contribution in [0.3, 0.4) is 0 Å². The minimum Gasteiger partial charge on any atom is -0.495 e. The van der Waals surface area contributed by atoms with E-state index < -0.39 is 22.0 Å². The lowest BCUT2D eigenvalue weighted by Crippen LogP contribution is -2.45. The van der Waals surface area contributed by atoms with Gasteiger partial charge in [0.05, 0.1) is 19.1 Å². The summed E-state index contributed by atoms with van der Waals surface area (Å²) in [4.78, 5) is 12.9. The number of methoxy groups -OCH3 is 1. The molecule has 0 aliphatic carbocycles. The number of anilines is 2. The molecule has 1 aromatic heterocycles. The number of carbonyl (C=O) groups is 1. The van der Waals surface area contributed by atoms with E-state index in [0.717, 1.165) is 21.7 Å². The van der Waals surface area contributed by atoms with Crippen LogP contribution in [0.25, 0.3) is 10.6 Å². The number of aromatic nitrogens is 2. The van der Waals surface area contributed by atoms with Crippen LogP contribution in [0.1, 0.15) is 12.5 Å². The predicted octanol–water partition coefficient (Wildman–Crippen LogP) is 3.97. The minimum absolute atomic E-state index is 0.165. The van der Waals surface area contributed by atoms with Crippen molar-refractivity contribution >= 4 is 49.7 Å². The molecule has 0 saturated heterocycles. The van der Waals surface area contributed by atoms with Crippen LogP contribution < -0.4 is 14.4 Å². The molecule has 1 amide bonds. The molecule has 164 valence electrons. The topological polar surface area (TPSA) is 101 Å². The average Bonchev–Trinajstić information content (AvgIpc) is 3.16. The van der Waals surface area contributed by atoms with E-state index in [4.69, 9.17) is 16.3 Å². The van der Waals surface area contributed by atoms with Gasteiger partial charge in [-0.2, -0.15) is 0 Å². The number of sulfonamides is 1. The molecule has 2 aromatic carbocycles. The molecule has 0 spiro atoms. The zero-order chi connectivity index (χ0) is 22.8. The summed E-state index contributed by atoms with van der Waals surface area (Å²) in [6, 6.07) is 11.2. The third-order valence-corrected chi connectivity index (χ3v) is 6.77. The predicted molar refractivity (Wildman–Crippen MR) is 124 cm³/mol. The van der Waals surface area contributed by atoms with E-state index in [1.54, 1.807) is 12.1 Å². The van der Waals surface area contributed by atoms with Crippen LogP contribution in [0.15, 0.2) is 42.5 Å². The lowest BCUT2D eigenvalue weighted by molar-refractivity contribution is -0.116. The first kappa shape index (κ1) is 23.0. The van der Waals surface area contributed by atoms with Gasteiger partial charge in [0, 0.05) is 10.6 Å². The molecule has 0 radical (unpaired) electrons. The van der Waals surface area contributed by atoms with Crippen molar-refractivity contribution in [1.82, 2.24) is 10.2 Å². The summed E-state index contributed by atoms with van der Waals surface area (Å²) in [7, 11) is -2.44. The molecule has 1 atom stereocenters. The van der Waals surface area contributed by atoms with Crippen LogP contribution in [0.4, 0.5) is 10.8 Å². The van der Waals surface area contributed by atoms with E-state index >= 15 is 0 Å². The van der Waals surface area contributed by atoms with Crippen molar-refractivity contribution in [3.8, 4) is 16.3 Å². The van der Waals surface area contributed by atoms with E-state index in [2.05, 4.69) is 15.5 Å². The van der Waals surface area contributed by atoms with Crippen LogP contribution in [0.2, 0.25) is 5.02 Å². The number of aryl methyl sites for hydroxylation is 1. The van der Waals surface area contributed by atoms with Crippen molar-refractivity contribution in [3.63, 3.8) is 0 Å². The van der Waals surface area contributed by atoms with Gasteiger partial charge in [-0.05, 0) is 32.0 Å². The van der Waals surface area contributed by atoms with Gasteiger partial charge in [-0.1, -0.05) is 52.8 Å². The van der Waals surface area contributed by atoms with Gasteiger partial charge >= 0.3 is 0 Å².